The molecule has 9 heteroatoms. The first kappa shape index (κ1) is 22.1. The number of aryl methyl sites for hydroxylation is 1. The summed E-state index contributed by atoms with van der Waals surface area (Å²) < 4.78 is 47.4. The Bertz CT molecular complexity index is 1070. The van der Waals surface area contributed by atoms with Crippen molar-refractivity contribution in [2.24, 2.45) is 0 Å². The Balaban J connectivity index is 1.95. The van der Waals surface area contributed by atoms with Crippen LogP contribution in [0.2, 0.25) is 0 Å². The summed E-state index contributed by atoms with van der Waals surface area (Å²) in [5.74, 6) is -2.73. The van der Waals surface area contributed by atoms with Gasteiger partial charge in [0.2, 0.25) is 5.92 Å². The Labute approximate surface area is 175 Å². The average molecular weight is 437 g/mol. The second kappa shape index (κ2) is 8.29. The number of amides is 1. The Morgan fingerprint density at radius 2 is 2.00 bits per heavy atom. The van der Waals surface area contributed by atoms with E-state index >= 15 is 0 Å². The molecule has 1 saturated heterocycles. The third kappa shape index (κ3) is 4.95. The lowest BCUT2D eigenvalue weighted by Crippen LogP contribution is -2.30. The number of nitrogens with zero attached hydrogens (tertiary/aromatic N) is 2. The van der Waals surface area contributed by atoms with Crippen molar-refractivity contribution in [1.29, 1.82) is 4.78 Å². The Kier molecular flexibility index (Phi) is 6.12. The number of halogens is 2. The third-order valence-electron chi connectivity index (χ3n) is 5.36. The second-order valence-corrected chi connectivity index (χ2v) is 9.95. The monoisotopic (exact) mass is 436 g/mol. The molecule has 30 heavy (non-hydrogen) atoms. The van der Waals surface area contributed by atoms with E-state index in [-0.39, 0.29) is 19.4 Å². The molecule has 0 bridgehead atoms. The SMILES string of the molecule is Cc1cnc(N2CCCC(F)(F)CC2)c(C(=O)Nc2cccc(S(C)(=N)=O)c2)c1C. The van der Waals surface area contributed by atoms with Gasteiger partial charge in [-0.1, -0.05) is 6.07 Å². The van der Waals surface area contributed by atoms with Crippen molar-refractivity contribution in [2.45, 2.75) is 43.9 Å². The van der Waals surface area contributed by atoms with E-state index in [1.54, 1.807) is 36.2 Å². The minimum absolute atomic E-state index is 0.120. The largest absolute Gasteiger partial charge is 0.356 e. The molecule has 1 fully saturated rings. The van der Waals surface area contributed by atoms with Crippen LogP contribution in [0.25, 0.3) is 0 Å². The van der Waals surface area contributed by atoms with Crippen molar-refractivity contribution in [2.75, 3.05) is 29.6 Å². The van der Waals surface area contributed by atoms with E-state index in [1.807, 2.05) is 6.92 Å². The molecule has 1 aliphatic heterocycles. The minimum Gasteiger partial charge on any atom is -0.356 e. The normalized spacial score (nSPS) is 18.4. The number of carbonyl (C=O) groups excluding carboxylic acids is 1. The van der Waals surface area contributed by atoms with Crippen molar-refractivity contribution in [3.05, 3.63) is 47.2 Å². The van der Waals surface area contributed by atoms with Gasteiger partial charge in [0.05, 0.1) is 15.3 Å². The van der Waals surface area contributed by atoms with Gasteiger partial charge in [-0.25, -0.2) is 22.8 Å². The van der Waals surface area contributed by atoms with E-state index in [1.165, 1.54) is 12.3 Å². The van der Waals surface area contributed by atoms with Crippen LogP contribution in [0.1, 0.15) is 40.7 Å². The van der Waals surface area contributed by atoms with Gasteiger partial charge in [-0.3, -0.25) is 4.79 Å². The Morgan fingerprint density at radius 1 is 1.27 bits per heavy atom. The molecule has 1 aromatic carbocycles. The van der Waals surface area contributed by atoms with Crippen LogP contribution in [-0.2, 0) is 9.73 Å². The fourth-order valence-corrected chi connectivity index (χ4v) is 4.17. The van der Waals surface area contributed by atoms with E-state index in [4.69, 9.17) is 4.78 Å². The number of hydrogen-bond acceptors (Lipinski definition) is 5. The van der Waals surface area contributed by atoms with E-state index in [0.717, 1.165) is 11.1 Å². The topological polar surface area (TPSA) is 86.2 Å². The van der Waals surface area contributed by atoms with Crippen LogP contribution in [0, 0.1) is 18.6 Å². The quantitative estimate of drug-likeness (QED) is 0.733. The maximum Gasteiger partial charge on any atom is 0.259 e. The van der Waals surface area contributed by atoms with Crippen molar-refractivity contribution >= 4 is 27.1 Å². The van der Waals surface area contributed by atoms with Gasteiger partial charge in [-0.05, 0) is 49.6 Å². The standard InChI is InChI=1S/C21H26F2N4O2S/c1-14-13-25-19(27-10-5-8-21(22,23)9-11-27)18(15(14)2)20(28)26-16-6-4-7-17(12-16)30(3,24)29/h4,6-7,12-13,24H,5,8-11H2,1-3H3,(H,26,28). The smallest absolute Gasteiger partial charge is 0.259 e. The molecule has 3 rings (SSSR count). The van der Waals surface area contributed by atoms with Crippen LogP contribution in [0.15, 0.2) is 35.4 Å². The highest BCUT2D eigenvalue weighted by Gasteiger charge is 2.33. The summed E-state index contributed by atoms with van der Waals surface area (Å²) in [5.41, 5.74) is 2.30. The number of pyridine rings is 1. The van der Waals surface area contributed by atoms with Gasteiger partial charge in [0, 0.05) is 49.0 Å². The lowest BCUT2D eigenvalue weighted by atomic mass is 10.0. The van der Waals surface area contributed by atoms with Gasteiger partial charge < -0.3 is 10.2 Å². The molecule has 2 aromatic rings. The number of carbonyl (C=O) groups is 1. The lowest BCUT2D eigenvalue weighted by molar-refractivity contribution is -0.0102. The van der Waals surface area contributed by atoms with Gasteiger partial charge in [0.1, 0.15) is 5.82 Å². The van der Waals surface area contributed by atoms with Crippen molar-refractivity contribution in [1.82, 2.24) is 4.98 Å². The van der Waals surface area contributed by atoms with Crippen LogP contribution in [0.4, 0.5) is 20.3 Å². The molecule has 1 aliphatic rings. The van der Waals surface area contributed by atoms with E-state index < -0.39 is 21.6 Å². The molecule has 1 aromatic heterocycles. The summed E-state index contributed by atoms with van der Waals surface area (Å²) in [4.78, 5) is 19.7. The molecule has 0 radical (unpaired) electrons. The number of aromatic nitrogens is 1. The number of anilines is 2. The molecule has 0 spiro atoms. The molecule has 6 nitrogen and oxygen atoms in total. The zero-order valence-corrected chi connectivity index (χ0v) is 18.1. The molecular formula is C21H26F2N4O2S. The molecule has 2 heterocycles. The highest BCUT2D eigenvalue weighted by molar-refractivity contribution is 7.91. The number of nitrogens with one attached hydrogen (secondary N) is 2. The fourth-order valence-electron chi connectivity index (χ4n) is 3.48. The van der Waals surface area contributed by atoms with Crippen LogP contribution >= 0.6 is 0 Å². The Morgan fingerprint density at radius 3 is 2.70 bits per heavy atom. The van der Waals surface area contributed by atoms with Crippen LogP contribution in [0.5, 0.6) is 0 Å². The van der Waals surface area contributed by atoms with Gasteiger partial charge in [0.25, 0.3) is 5.91 Å². The summed E-state index contributed by atoms with van der Waals surface area (Å²) in [6, 6.07) is 6.37. The summed E-state index contributed by atoms with van der Waals surface area (Å²) in [7, 11) is -2.92. The summed E-state index contributed by atoms with van der Waals surface area (Å²) in [6.45, 7) is 4.17. The van der Waals surface area contributed by atoms with E-state index in [9.17, 15) is 17.8 Å². The second-order valence-electron chi connectivity index (χ2n) is 7.79. The highest BCUT2D eigenvalue weighted by atomic mass is 32.2. The Hall–Kier alpha value is -2.55. The molecule has 0 aliphatic carbocycles. The number of alkyl halides is 2. The predicted octanol–water partition coefficient (Wildman–Crippen LogP) is 4.61. The molecule has 1 atom stereocenters. The van der Waals surface area contributed by atoms with E-state index in [0.29, 0.717) is 34.9 Å². The number of benzene rings is 1. The lowest BCUT2D eigenvalue weighted by Gasteiger charge is -2.25. The maximum atomic E-state index is 13.8. The summed E-state index contributed by atoms with van der Waals surface area (Å²) in [5, 5.41) is 2.79. The molecule has 162 valence electrons. The molecule has 0 saturated carbocycles. The first-order chi connectivity index (χ1) is 14.0. The fraction of sp³-hybridized carbons (Fsp3) is 0.429. The summed E-state index contributed by atoms with van der Waals surface area (Å²) in [6.07, 6.45) is 2.83. The van der Waals surface area contributed by atoms with Crippen LogP contribution < -0.4 is 10.2 Å². The first-order valence-electron chi connectivity index (χ1n) is 9.72. The van der Waals surface area contributed by atoms with Gasteiger partial charge in [-0.2, -0.15) is 0 Å². The predicted molar refractivity (Wildman–Crippen MR) is 114 cm³/mol. The first-order valence-corrected chi connectivity index (χ1v) is 11.7. The summed E-state index contributed by atoms with van der Waals surface area (Å²) >= 11 is 0. The van der Waals surface area contributed by atoms with Crippen LogP contribution in [-0.4, -0.2) is 40.4 Å². The molecular weight excluding hydrogens is 410 g/mol. The molecule has 1 amide bonds. The number of hydrogen-bond donors (Lipinski definition) is 2. The van der Waals surface area contributed by atoms with Gasteiger partial charge >= 0.3 is 0 Å². The minimum atomic E-state index is -2.92. The van der Waals surface area contributed by atoms with Crippen LogP contribution in [0.3, 0.4) is 0 Å². The van der Waals surface area contributed by atoms with Gasteiger partial charge in [-0.15, -0.1) is 0 Å². The maximum absolute atomic E-state index is 13.8. The zero-order chi connectivity index (χ0) is 22.1. The zero-order valence-electron chi connectivity index (χ0n) is 17.3. The van der Waals surface area contributed by atoms with Crippen molar-refractivity contribution in [3.63, 3.8) is 0 Å². The molecule has 2 N–H and O–H groups in total. The molecule has 1 unspecified atom stereocenters. The van der Waals surface area contributed by atoms with E-state index in [2.05, 4.69) is 10.3 Å². The van der Waals surface area contributed by atoms with Crippen molar-refractivity contribution < 1.29 is 17.8 Å². The van der Waals surface area contributed by atoms with Gasteiger partial charge in [0.15, 0.2) is 0 Å². The number of rotatable bonds is 4. The highest BCUT2D eigenvalue weighted by Crippen LogP contribution is 2.32. The average Bonchev–Trinajstić information content (AvgIpc) is 2.84. The van der Waals surface area contributed by atoms with Crippen molar-refractivity contribution in [3.8, 4) is 0 Å². The third-order valence-corrected chi connectivity index (χ3v) is 6.51.